The maximum absolute atomic E-state index is 12.5. The van der Waals surface area contributed by atoms with Crippen LogP contribution in [-0.4, -0.2) is 42.7 Å². The van der Waals surface area contributed by atoms with E-state index in [0.717, 1.165) is 17.7 Å². The van der Waals surface area contributed by atoms with E-state index in [-0.39, 0.29) is 11.9 Å². The molecular formula is C20H21N3O5. The number of fused-ring (bicyclic) bond motifs is 1. The molecule has 8 heteroatoms. The molecule has 1 heterocycles. The summed E-state index contributed by atoms with van der Waals surface area (Å²) in [5.41, 5.74) is 2.73. The molecule has 1 aliphatic heterocycles. The molecule has 0 unspecified atom stereocenters. The summed E-state index contributed by atoms with van der Waals surface area (Å²) in [5.74, 6) is -1.15. The normalized spacial score (nSPS) is 12.2. The summed E-state index contributed by atoms with van der Waals surface area (Å²) in [7, 11) is 0. The van der Waals surface area contributed by atoms with E-state index in [9.17, 15) is 14.4 Å². The number of hydrogen-bond acceptors (Lipinski definition) is 4. The molecule has 3 rings (SSSR count). The number of carboxylic acids is 1. The van der Waals surface area contributed by atoms with Gasteiger partial charge in [0, 0.05) is 24.3 Å². The maximum atomic E-state index is 12.5. The molecule has 0 fully saturated rings. The number of carboxylic acid groups (broad SMARTS) is 1. The van der Waals surface area contributed by atoms with E-state index in [1.807, 2.05) is 13.0 Å². The number of rotatable bonds is 6. The van der Waals surface area contributed by atoms with Crippen molar-refractivity contribution in [3.05, 3.63) is 53.6 Å². The number of carbonyl (C=O) groups excluding carboxylic acids is 2. The van der Waals surface area contributed by atoms with Crippen LogP contribution in [0.15, 0.2) is 42.5 Å². The first-order valence-electron chi connectivity index (χ1n) is 8.92. The smallest absolute Gasteiger partial charge is 0.341 e. The Balaban J connectivity index is 1.73. The highest BCUT2D eigenvalue weighted by atomic mass is 16.5. The molecule has 2 aromatic rings. The lowest BCUT2D eigenvalue weighted by atomic mass is 10.1. The zero-order valence-corrected chi connectivity index (χ0v) is 15.4. The number of urea groups is 1. The Bertz CT molecular complexity index is 912. The molecule has 3 N–H and O–H groups in total. The second-order valence-electron chi connectivity index (χ2n) is 6.24. The van der Waals surface area contributed by atoms with Crippen molar-refractivity contribution in [2.75, 3.05) is 29.9 Å². The van der Waals surface area contributed by atoms with E-state index in [2.05, 4.69) is 10.6 Å². The lowest BCUT2D eigenvalue weighted by molar-refractivity contribution is -0.139. The van der Waals surface area contributed by atoms with E-state index in [4.69, 9.17) is 9.84 Å². The van der Waals surface area contributed by atoms with Gasteiger partial charge < -0.3 is 20.5 Å². The van der Waals surface area contributed by atoms with Crippen molar-refractivity contribution in [2.45, 2.75) is 13.3 Å². The van der Waals surface area contributed by atoms with Crippen molar-refractivity contribution in [2.24, 2.45) is 0 Å². The minimum absolute atomic E-state index is 0.159. The van der Waals surface area contributed by atoms with Crippen LogP contribution in [0.25, 0.3) is 0 Å². The Morgan fingerprint density at radius 2 is 2.00 bits per heavy atom. The number of amides is 3. The zero-order valence-electron chi connectivity index (χ0n) is 15.4. The lowest BCUT2D eigenvalue weighted by Crippen LogP contribution is -2.38. The molecule has 0 bridgehead atoms. The molecule has 8 nitrogen and oxygen atoms in total. The van der Waals surface area contributed by atoms with Gasteiger partial charge >= 0.3 is 12.0 Å². The van der Waals surface area contributed by atoms with Crippen LogP contribution in [0.1, 0.15) is 22.8 Å². The summed E-state index contributed by atoms with van der Waals surface area (Å²) in [6.45, 7) is 2.52. The van der Waals surface area contributed by atoms with Crippen LogP contribution in [0, 0.1) is 0 Å². The Morgan fingerprint density at radius 1 is 1.18 bits per heavy atom. The highest BCUT2D eigenvalue weighted by molar-refractivity contribution is 6.05. The minimum atomic E-state index is -1.09. The molecular weight excluding hydrogens is 362 g/mol. The molecule has 0 saturated heterocycles. The molecule has 0 aromatic heterocycles. The largest absolute Gasteiger partial charge is 0.482 e. The molecule has 0 spiro atoms. The van der Waals surface area contributed by atoms with Crippen LogP contribution < -0.4 is 20.3 Å². The maximum Gasteiger partial charge on any atom is 0.341 e. The van der Waals surface area contributed by atoms with Crippen LogP contribution in [0.5, 0.6) is 5.75 Å². The summed E-state index contributed by atoms with van der Waals surface area (Å²) >= 11 is 0. The summed E-state index contributed by atoms with van der Waals surface area (Å²) in [6.07, 6.45) is 0.768. The number of benzene rings is 2. The predicted molar refractivity (Wildman–Crippen MR) is 104 cm³/mol. The number of nitrogens with one attached hydrogen (secondary N) is 2. The molecule has 28 heavy (non-hydrogen) atoms. The number of carbonyl (C=O) groups is 3. The lowest BCUT2D eigenvalue weighted by Gasteiger charge is -2.18. The van der Waals surface area contributed by atoms with Gasteiger partial charge in [0.15, 0.2) is 6.61 Å². The molecule has 0 saturated carbocycles. The first-order valence-corrected chi connectivity index (χ1v) is 8.92. The van der Waals surface area contributed by atoms with Crippen molar-refractivity contribution in [1.82, 2.24) is 5.32 Å². The fourth-order valence-electron chi connectivity index (χ4n) is 2.99. The first kappa shape index (κ1) is 19.2. The van der Waals surface area contributed by atoms with E-state index in [0.29, 0.717) is 30.1 Å². The standard InChI is InChI=1S/C20H21N3O5/c1-2-21-20(27)23-9-8-13-6-7-15(11-17(13)23)22-19(26)14-4-3-5-16(10-14)28-12-18(24)25/h3-7,10-11H,2,8-9,12H2,1H3,(H,21,27)(H,22,26)(H,24,25). The molecule has 2 aromatic carbocycles. The van der Waals surface area contributed by atoms with Gasteiger partial charge in [-0.25, -0.2) is 9.59 Å². The van der Waals surface area contributed by atoms with Crippen molar-refractivity contribution < 1.29 is 24.2 Å². The third-order valence-electron chi connectivity index (χ3n) is 4.27. The van der Waals surface area contributed by atoms with Crippen molar-refractivity contribution in [3.8, 4) is 5.75 Å². The molecule has 0 atom stereocenters. The molecule has 146 valence electrons. The van der Waals surface area contributed by atoms with Gasteiger partial charge in [-0.1, -0.05) is 12.1 Å². The summed E-state index contributed by atoms with van der Waals surface area (Å²) in [4.78, 5) is 37.0. The number of nitrogens with zero attached hydrogens (tertiary/aromatic N) is 1. The monoisotopic (exact) mass is 383 g/mol. The fourth-order valence-corrected chi connectivity index (χ4v) is 2.99. The van der Waals surface area contributed by atoms with E-state index >= 15 is 0 Å². The predicted octanol–water partition coefficient (Wildman–Crippen LogP) is 2.49. The van der Waals surface area contributed by atoms with E-state index in [1.54, 1.807) is 35.2 Å². The average Bonchev–Trinajstić information content (AvgIpc) is 3.10. The average molecular weight is 383 g/mol. The number of ether oxygens (including phenoxy) is 1. The molecule has 1 aliphatic rings. The quantitative estimate of drug-likeness (QED) is 0.710. The fraction of sp³-hybridized carbons (Fsp3) is 0.250. The second-order valence-corrected chi connectivity index (χ2v) is 6.24. The van der Waals surface area contributed by atoms with Crippen molar-refractivity contribution >= 4 is 29.3 Å². The number of hydrogen-bond donors (Lipinski definition) is 3. The highest BCUT2D eigenvalue weighted by Crippen LogP contribution is 2.31. The van der Waals surface area contributed by atoms with Gasteiger partial charge in [-0.2, -0.15) is 0 Å². The topological polar surface area (TPSA) is 108 Å². The van der Waals surface area contributed by atoms with Crippen LogP contribution in [-0.2, 0) is 11.2 Å². The van der Waals surface area contributed by atoms with Gasteiger partial charge in [-0.3, -0.25) is 9.69 Å². The van der Waals surface area contributed by atoms with Gasteiger partial charge in [0.25, 0.3) is 5.91 Å². The van der Waals surface area contributed by atoms with E-state index < -0.39 is 12.6 Å². The van der Waals surface area contributed by atoms with Gasteiger partial charge in [0.1, 0.15) is 5.75 Å². The Labute approximate surface area is 162 Å². The van der Waals surface area contributed by atoms with Crippen LogP contribution in [0.2, 0.25) is 0 Å². The third kappa shape index (κ3) is 4.40. The van der Waals surface area contributed by atoms with Gasteiger partial charge in [-0.05, 0) is 49.2 Å². The molecule has 0 aliphatic carbocycles. The summed E-state index contributed by atoms with van der Waals surface area (Å²) in [5, 5.41) is 14.3. The van der Waals surface area contributed by atoms with Crippen LogP contribution >= 0.6 is 0 Å². The molecule has 0 radical (unpaired) electrons. The Morgan fingerprint density at radius 3 is 2.75 bits per heavy atom. The van der Waals surface area contributed by atoms with Crippen LogP contribution in [0.3, 0.4) is 0 Å². The Hall–Kier alpha value is -3.55. The van der Waals surface area contributed by atoms with Gasteiger partial charge in [-0.15, -0.1) is 0 Å². The van der Waals surface area contributed by atoms with Gasteiger partial charge in [0.2, 0.25) is 0 Å². The first-order chi connectivity index (χ1) is 13.5. The number of aliphatic carboxylic acids is 1. The SMILES string of the molecule is CCNC(=O)N1CCc2ccc(NC(=O)c3cccc(OCC(=O)O)c3)cc21. The second kappa shape index (κ2) is 8.43. The van der Waals surface area contributed by atoms with Crippen molar-refractivity contribution in [3.63, 3.8) is 0 Å². The number of anilines is 2. The minimum Gasteiger partial charge on any atom is -0.482 e. The van der Waals surface area contributed by atoms with Crippen LogP contribution in [0.4, 0.5) is 16.2 Å². The Kier molecular flexibility index (Phi) is 5.78. The van der Waals surface area contributed by atoms with Crippen molar-refractivity contribution in [1.29, 1.82) is 0 Å². The highest BCUT2D eigenvalue weighted by Gasteiger charge is 2.24. The van der Waals surface area contributed by atoms with E-state index in [1.165, 1.54) is 6.07 Å². The third-order valence-corrected chi connectivity index (χ3v) is 4.27. The van der Waals surface area contributed by atoms with Gasteiger partial charge in [0.05, 0.1) is 5.69 Å². The summed E-state index contributed by atoms with van der Waals surface area (Å²) < 4.78 is 5.10. The zero-order chi connectivity index (χ0) is 20.1. The molecule has 3 amide bonds. The summed E-state index contributed by atoms with van der Waals surface area (Å²) in [6, 6.07) is 11.6.